The minimum atomic E-state index is -0.938. The summed E-state index contributed by atoms with van der Waals surface area (Å²) in [5, 5.41) is 24.1. The molecule has 1 atom stereocenters. The van der Waals surface area contributed by atoms with E-state index in [0.717, 1.165) is 13.1 Å². The molecule has 2 N–H and O–H groups in total. The second-order valence-electron chi connectivity index (χ2n) is 8.59. The molecule has 0 saturated carbocycles. The van der Waals surface area contributed by atoms with Crippen LogP contribution in [0, 0.1) is 0 Å². The van der Waals surface area contributed by atoms with Gasteiger partial charge in [-0.25, -0.2) is 0 Å². The number of hydrogen-bond donors (Lipinski definition) is 2. The van der Waals surface area contributed by atoms with Crippen LogP contribution in [0.2, 0.25) is 0 Å². The summed E-state index contributed by atoms with van der Waals surface area (Å²) in [6.45, 7) is 7.49. The lowest BCUT2D eigenvalue weighted by Crippen LogP contribution is -3.12. The number of methoxy groups -OCH3 is 1. The van der Waals surface area contributed by atoms with Gasteiger partial charge in [-0.15, -0.1) is 0 Å². The van der Waals surface area contributed by atoms with Crippen molar-refractivity contribution in [1.82, 2.24) is 4.90 Å². The number of likely N-dealkylation sites (N-methyl/N-ethyl adjacent to an activating group) is 1. The minimum absolute atomic E-state index is 0.115. The molecular weight excluding hydrogens is 532 g/mol. The molecule has 0 bridgehead atoms. The molecule has 10 heteroatoms. The predicted octanol–water partition coefficient (Wildman–Crippen LogP) is 1.08. The fraction of sp³-hybridized carbons (Fsp3) is 0.385. The summed E-state index contributed by atoms with van der Waals surface area (Å²) < 4.78 is 16.8. The highest BCUT2D eigenvalue weighted by atomic mass is 79.9. The second kappa shape index (κ2) is 10.8. The van der Waals surface area contributed by atoms with Crippen LogP contribution in [0.1, 0.15) is 31.0 Å². The number of amides is 1. The summed E-state index contributed by atoms with van der Waals surface area (Å²) in [5.74, 6) is -1.15. The predicted molar refractivity (Wildman–Crippen MR) is 133 cm³/mol. The molecule has 2 aromatic rings. The van der Waals surface area contributed by atoms with Gasteiger partial charge < -0.3 is 34.2 Å². The molecule has 1 saturated heterocycles. The molecule has 1 fully saturated rings. The number of phenols is 1. The number of halogens is 1. The summed E-state index contributed by atoms with van der Waals surface area (Å²) in [6.07, 6.45) is 0. The van der Waals surface area contributed by atoms with Gasteiger partial charge in [0, 0.05) is 5.57 Å². The molecule has 0 aromatic heterocycles. The van der Waals surface area contributed by atoms with Gasteiger partial charge >= 0.3 is 0 Å². The molecule has 192 valence electrons. The largest absolute Gasteiger partial charge is 0.872 e. The first kappa shape index (κ1) is 25.8. The van der Waals surface area contributed by atoms with Crippen molar-refractivity contribution in [3.63, 3.8) is 0 Å². The highest BCUT2D eigenvalue weighted by molar-refractivity contribution is 9.10. The lowest BCUT2D eigenvalue weighted by Gasteiger charge is -2.29. The van der Waals surface area contributed by atoms with Gasteiger partial charge in [0.25, 0.3) is 5.91 Å². The van der Waals surface area contributed by atoms with E-state index >= 15 is 0 Å². The maximum Gasteiger partial charge on any atom is 0.295 e. The van der Waals surface area contributed by atoms with E-state index < -0.39 is 23.5 Å². The number of rotatable bonds is 8. The fourth-order valence-corrected chi connectivity index (χ4v) is 5.04. The van der Waals surface area contributed by atoms with Gasteiger partial charge in [0.1, 0.15) is 13.2 Å². The Hall–Kier alpha value is -3.24. The van der Waals surface area contributed by atoms with E-state index in [9.17, 15) is 19.8 Å². The standard InChI is InChI=1S/C26H29BrN2O7/c1-4-28(5-2)8-9-29-22(16-12-17(27)24(31)20(14-16)34-3)21(25(32)26(29)33)23(30)15-6-7-18-19(13-15)36-11-10-35-18/h6-7,12-14,22,30-31H,4-5,8-11H2,1-3H3. The zero-order chi connectivity index (χ0) is 26.0. The first-order valence-electron chi connectivity index (χ1n) is 11.9. The van der Waals surface area contributed by atoms with Crippen molar-refractivity contribution in [1.29, 1.82) is 0 Å². The first-order chi connectivity index (χ1) is 17.3. The molecule has 2 heterocycles. The van der Waals surface area contributed by atoms with E-state index in [1.807, 2.05) is 0 Å². The average molecular weight is 561 g/mol. The molecule has 0 radical (unpaired) electrons. The Morgan fingerprint density at radius 2 is 1.86 bits per heavy atom. The van der Waals surface area contributed by atoms with Crippen LogP contribution in [-0.4, -0.2) is 68.2 Å². The van der Waals surface area contributed by atoms with Crippen LogP contribution in [0.15, 0.2) is 40.4 Å². The van der Waals surface area contributed by atoms with Crippen LogP contribution in [0.4, 0.5) is 0 Å². The zero-order valence-electron chi connectivity index (χ0n) is 20.4. The molecule has 36 heavy (non-hydrogen) atoms. The highest BCUT2D eigenvalue weighted by Crippen LogP contribution is 2.44. The Kier molecular flexibility index (Phi) is 7.75. The third kappa shape index (κ3) is 4.75. The van der Waals surface area contributed by atoms with Crippen LogP contribution >= 0.6 is 15.9 Å². The molecule has 1 amide bonds. The summed E-state index contributed by atoms with van der Waals surface area (Å²) in [5.41, 5.74) is 0.554. The second-order valence-corrected chi connectivity index (χ2v) is 9.45. The summed E-state index contributed by atoms with van der Waals surface area (Å²) in [7, 11) is 1.41. The van der Waals surface area contributed by atoms with Gasteiger partial charge in [0.2, 0.25) is 5.78 Å². The number of ketones is 1. The molecule has 0 spiro atoms. The van der Waals surface area contributed by atoms with E-state index in [0.29, 0.717) is 41.3 Å². The molecule has 1 unspecified atom stereocenters. The van der Waals surface area contributed by atoms with Crippen LogP contribution in [-0.2, 0) is 9.59 Å². The number of aromatic hydroxyl groups is 1. The summed E-state index contributed by atoms with van der Waals surface area (Å²) in [6, 6.07) is 6.93. The van der Waals surface area contributed by atoms with Crippen LogP contribution in [0.5, 0.6) is 23.0 Å². The minimum Gasteiger partial charge on any atom is -0.872 e. The number of likely N-dealkylation sites (tertiary alicyclic amines) is 1. The average Bonchev–Trinajstić information content (AvgIpc) is 3.15. The molecule has 2 aliphatic heterocycles. The van der Waals surface area contributed by atoms with Crippen molar-refractivity contribution < 1.29 is 38.9 Å². The van der Waals surface area contributed by atoms with Crippen LogP contribution in [0.3, 0.4) is 0 Å². The van der Waals surface area contributed by atoms with Gasteiger partial charge in [-0.3, -0.25) is 9.59 Å². The van der Waals surface area contributed by atoms with E-state index in [1.165, 1.54) is 23.0 Å². The van der Waals surface area contributed by atoms with Crippen LogP contribution < -0.4 is 24.2 Å². The molecular formula is C26H29BrN2O7. The number of hydrogen-bond acceptors (Lipinski definition) is 7. The number of carbonyl (C=O) groups excluding carboxylic acids is 2. The molecule has 4 rings (SSSR count). The van der Waals surface area contributed by atoms with Crippen molar-refractivity contribution in [3.05, 3.63) is 51.5 Å². The van der Waals surface area contributed by atoms with Gasteiger partial charge in [0.05, 0.1) is 43.8 Å². The van der Waals surface area contributed by atoms with Crippen molar-refractivity contribution in [2.24, 2.45) is 0 Å². The number of nitrogens with zero attached hydrogens (tertiary/aromatic N) is 1. The van der Waals surface area contributed by atoms with Crippen molar-refractivity contribution in [2.45, 2.75) is 19.9 Å². The smallest absolute Gasteiger partial charge is 0.295 e. The number of phenolic OH excluding ortho intramolecular Hbond substituents is 1. The lowest BCUT2D eigenvalue weighted by molar-refractivity contribution is -0.895. The monoisotopic (exact) mass is 560 g/mol. The number of Topliss-reactive ketones (excluding diaryl/α,β-unsaturated/α-hetero) is 1. The number of quaternary nitrogens is 1. The maximum absolute atomic E-state index is 13.7. The third-order valence-electron chi connectivity index (χ3n) is 6.63. The van der Waals surface area contributed by atoms with Gasteiger partial charge in [0.15, 0.2) is 23.0 Å². The van der Waals surface area contributed by atoms with Crippen molar-refractivity contribution >= 4 is 33.4 Å². The van der Waals surface area contributed by atoms with Crippen molar-refractivity contribution in [3.8, 4) is 23.0 Å². The molecule has 2 aromatic carbocycles. The molecule has 9 nitrogen and oxygen atoms in total. The van der Waals surface area contributed by atoms with Gasteiger partial charge in [-0.2, -0.15) is 0 Å². The topological polar surface area (TPSA) is 113 Å². The van der Waals surface area contributed by atoms with Gasteiger partial charge in [-0.1, -0.05) is 11.8 Å². The van der Waals surface area contributed by atoms with Gasteiger partial charge in [-0.05, 0) is 65.2 Å². The fourth-order valence-electron chi connectivity index (χ4n) is 4.58. The van der Waals surface area contributed by atoms with E-state index in [4.69, 9.17) is 14.2 Å². The zero-order valence-corrected chi connectivity index (χ0v) is 22.0. The molecule has 2 aliphatic rings. The van der Waals surface area contributed by atoms with Crippen LogP contribution in [0.25, 0.3) is 5.76 Å². The summed E-state index contributed by atoms with van der Waals surface area (Å²) in [4.78, 5) is 29.2. The Bertz CT molecular complexity index is 1210. The number of fused-ring (bicyclic) bond motifs is 1. The first-order valence-corrected chi connectivity index (χ1v) is 12.7. The quantitative estimate of drug-likeness (QED) is 0.282. The Morgan fingerprint density at radius 3 is 2.53 bits per heavy atom. The van der Waals surface area contributed by atoms with Crippen molar-refractivity contribution in [2.75, 3.05) is 46.5 Å². The number of benzene rings is 2. The third-order valence-corrected chi connectivity index (χ3v) is 7.23. The maximum atomic E-state index is 13.7. The normalized spacial score (nSPS) is 18.7. The summed E-state index contributed by atoms with van der Waals surface area (Å²) >= 11 is 3.32. The Balaban J connectivity index is 1.85. The number of nitrogens with one attached hydrogen (secondary N) is 1. The molecule has 0 aliphatic carbocycles. The Morgan fingerprint density at radius 1 is 1.17 bits per heavy atom. The van der Waals surface area contributed by atoms with E-state index in [-0.39, 0.29) is 29.2 Å². The van der Waals surface area contributed by atoms with E-state index in [2.05, 4.69) is 29.8 Å². The number of carbonyl (C=O) groups is 2. The Labute approximate surface area is 218 Å². The highest BCUT2D eigenvalue weighted by Gasteiger charge is 2.45. The number of ether oxygens (including phenoxy) is 3. The van der Waals surface area contributed by atoms with E-state index in [1.54, 1.807) is 24.3 Å². The lowest BCUT2D eigenvalue weighted by atomic mass is 9.94. The SMILES string of the molecule is CC[NH+](CC)CCN1C(=O)C(=O)C(=C([O-])c2ccc3c(c2)OCCO3)C1c1cc(Br)c(O)c(OC)c1.